The van der Waals surface area contributed by atoms with Crippen LogP contribution in [0.1, 0.15) is 30.0 Å². The van der Waals surface area contributed by atoms with Gasteiger partial charge in [0.25, 0.3) is 0 Å². The van der Waals surface area contributed by atoms with Gasteiger partial charge in [-0.15, -0.1) is 0 Å². The first-order valence-corrected chi connectivity index (χ1v) is 9.19. The number of rotatable bonds is 5. The number of piperidine rings is 1. The fourth-order valence-corrected chi connectivity index (χ4v) is 3.64. The Morgan fingerprint density at radius 1 is 1.14 bits per heavy atom. The Morgan fingerprint density at radius 2 is 1.82 bits per heavy atom. The predicted molar refractivity (Wildman–Crippen MR) is 99.8 cm³/mol. The van der Waals surface area contributed by atoms with Crippen molar-refractivity contribution in [1.29, 1.82) is 0 Å². The highest BCUT2D eigenvalue weighted by Crippen LogP contribution is 2.33. The summed E-state index contributed by atoms with van der Waals surface area (Å²) in [5.41, 5.74) is 1.50. The van der Waals surface area contributed by atoms with E-state index in [9.17, 15) is 18.0 Å². The summed E-state index contributed by atoms with van der Waals surface area (Å²) < 4.78 is 45.2. The Morgan fingerprint density at radius 3 is 2.43 bits per heavy atom. The van der Waals surface area contributed by atoms with E-state index in [1.807, 2.05) is 12.1 Å². The second-order valence-electron chi connectivity index (χ2n) is 6.83. The molecule has 28 heavy (non-hydrogen) atoms. The average molecular weight is 392 g/mol. The van der Waals surface area contributed by atoms with Crippen molar-refractivity contribution >= 4 is 5.91 Å². The molecule has 150 valence electrons. The van der Waals surface area contributed by atoms with E-state index >= 15 is 0 Å². The Labute approximate surface area is 162 Å². The summed E-state index contributed by atoms with van der Waals surface area (Å²) in [5.74, 6) is -1.13. The molecule has 2 aromatic rings. The number of carbonyl (C=O) groups excluding carboxylic acids is 1. The van der Waals surface area contributed by atoms with Crippen LogP contribution in [0, 0.1) is 0 Å². The first-order valence-electron chi connectivity index (χ1n) is 9.19. The minimum Gasteiger partial charge on any atom is -0.497 e. The van der Waals surface area contributed by atoms with Crippen LogP contribution < -0.4 is 10.1 Å². The van der Waals surface area contributed by atoms with Gasteiger partial charge >= 0.3 is 12.1 Å². The Bertz CT molecular complexity index is 778. The number of nitrogens with zero attached hydrogens (tertiary/aromatic N) is 1. The van der Waals surface area contributed by atoms with Gasteiger partial charge in [-0.05, 0) is 42.6 Å². The smallest absolute Gasteiger partial charge is 0.471 e. The highest BCUT2D eigenvalue weighted by Gasteiger charge is 2.46. The third-order valence-corrected chi connectivity index (χ3v) is 5.00. The van der Waals surface area contributed by atoms with Crippen LogP contribution in [0.25, 0.3) is 0 Å². The molecule has 0 spiro atoms. The highest BCUT2D eigenvalue weighted by atomic mass is 19.4. The standard InChI is InChI=1S/C21H23F3N2O2/c1-28-17-11-9-16(10-12-17)19-18(8-5-13-25-19)26(20(27)21(22,23)24)14-15-6-3-2-4-7-15/h2-4,6-7,9-12,18-19,25H,5,8,13-14H2,1H3/t18-,19-/m1/s1. The molecule has 0 bridgehead atoms. The van der Waals surface area contributed by atoms with E-state index in [1.54, 1.807) is 49.6 Å². The van der Waals surface area contributed by atoms with Crippen molar-refractivity contribution in [1.82, 2.24) is 10.2 Å². The monoisotopic (exact) mass is 392 g/mol. The van der Waals surface area contributed by atoms with Crippen molar-refractivity contribution in [3.05, 3.63) is 65.7 Å². The van der Waals surface area contributed by atoms with E-state index in [0.717, 1.165) is 10.5 Å². The van der Waals surface area contributed by atoms with Crippen molar-refractivity contribution in [2.24, 2.45) is 0 Å². The van der Waals surface area contributed by atoms with Gasteiger partial charge in [0, 0.05) is 6.54 Å². The van der Waals surface area contributed by atoms with Gasteiger partial charge in [-0.2, -0.15) is 13.2 Å². The molecule has 7 heteroatoms. The van der Waals surface area contributed by atoms with Crippen molar-refractivity contribution in [3.63, 3.8) is 0 Å². The molecule has 1 saturated heterocycles. The van der Waals surface area contributed by atoms with Gasteiger partial charge < -0.3 is 15.0 Å². The Balaban J connectivity index is 1.93. The highest BCUT2D eigenvalue weighted by molar-refractivity contribution is 5.82. The second kappa shape index (κ2) is 8.65. The summed E-state index contributed by atoms with van der Waals surface area (Å²) in [4.78, 5) is 13.3. The topological polar surface area (TPSA) is 41.6 Å². The Hall–Kier alpha value is -2.54. The molecular weight excluding hydrogens is 369 g/mol. The number of amides is 1. The zero-order valence-corrected chi connectivity index (χ0v) is 15.6. The summed E-state index contributed by atoms with van der Waals surface area (Å²) in [6.45, 7) is 0.602. The van der Waals surface area contributed by atoms with Crippen LogP contribution in [0.4, 0.5) is 13.2 Å². The lowest BCUT2D eigenvalue weighted by molar-refractivity contribution is -0.189. The lowest BCUT2D eigenvalue weighted by Crippen LogP contribution is -2.53. The molecule has 1 fully saturated rings. The van der Waals surface area contributed by atoms with Gasteiger partial charge in [-0.1, -0.05) is 42.5 Å². The number of nitrogens with one attached hydrogen (secondary N) is 1. The number of ether oxygens (including phenoxy) is 1. The molecule has 2 atom stereocenters. The zero-order valence-electron chi connectivity index (χ0n) is 15.6. The number of halogens is 3. The van der Waals surface area contributed by atoms with Crippen molar-refractivity contribution in [2.75, 3.05) is 13.7 Å². The van der Waals surface area contributed by atoms with Crippen LogP contribution in [0.15, 0.2) is 54.6 Å². The van der Waals surface area contributed by atoms with Crippen LogP contribution in [0.3, 0.4) is 0 Å². The van der Waals surface area contributed by atoms with Gasteiger partial charge in [0.1, 0.15) is 5.75 Å². The molecule has 3 rings (SSSR count). The lowest BCUT2D eigenvalue weighted by Gasteiger charge is -2.41. The van der Waals surface area contributed by atoms with Crippen LogP contribution >= 0.6 is 0 Å². The van der Waals surface area contributed by atoms with Crippen molar-refractivity contribution in [3.8, 4) is 5.75 Å². The minimum atomic E-state index is -4.92. The van der Waals surface area contributed by atoms with Gasteiger partial charge in [0.15, 0.2) is 0 Å². The fourth-order valence-electron chi connectivity index (χ4n) is 3.64. The molecular formula is C21H23F3N2O2. The molecule has 1 aliphatic rings. The lowest BCUT2D eigenvalue weighted by atomic mass is 9.90. The normalized spacial score (nSPS) is 19.9. The molecule has 2 aromatic carbocycles. The number of benzene rings is 2. The van der Waals surface area contributed by atoms with Crippen molar-refractivity contribution in [2.45, 2.75) is 37.6 Å². The number of alkyl halides is 3. The molecule has 0 aromatic heterocycles. The average Bonchev–Trinajstić information content (AvgIpc) is 2.72. The van der Waals surface area contributed by atoms with Crippen LogP contribution in [0.2, 0.25) is 0 Å². The zero-order chi connectivity index (χ0) is 20.1. The first kappa shape index (κ1) is 20.2. The predicted octanol–water partition coefficient (Wildman–Crippen LogP) is 4.08. The van der Waals surface area contributed by atoms with Crippen LogP contribution in [0.5, 0.6) is 5.75 Å². The number of hydrogen-bond acceptors (Lipinski definition) is 3. The van der Waals surface area contributed by atoms with Gasteiger partial charge in [-0.3, -0.25) is 4.79 Å². The van der Waals surface area contributed by atoms with E-state index in [-0.39, 0.29) is 12.6 Å². The quantitative estimate of drug-likeness (QED) is 0.834. The Kier molecular flexibility index (Phi) is 6.24. The van der Waals surface area contributed by atoms with E-state index in [0.29, 0.717) is 30.7 Å². The maximum atomic E-state index is 13.4. The van der Waals surface area contributed by atoms with E-state index in [2.05, 4.69) is 5.32 Å². The summed E-state index contributed by atoms with van der Waals surface area (Å²) in [6, 6.07) is 15.0. The summed E-state index contributed by atoms with van der Waals surface area (Å²) in [7, 11) is 1.56. The van der Waals surface area contributed by atoms with E-state index < -0.39 is 18.1 Å². The SMILES string of the molecule is COc1ccc([C@H]2NCCC[C@H]2N(Cc2ccccc2)C(=O)C(F)(F)F)cc1. The number of hydrogen-bond donors (Lipinski definition) is 1. The third kappa shape index (κ3) is 4.65. The fraction of sp³-hybridized carbons (Fsp3) is 0.381. The first-order chi connectivity index (χ1) is 13.4. The molecule has 0 unspecified atom stereocenters. The second-order valence-corrected chi connectivity index (χ2v) is 6.83. The number of carbonyl (C=O) groups is 1. The van der Waals surface area contributed by atoms with Gasteiger partial charge in [-0.25, -0.2) is 0 Å². The van der Waals surface area contributed by atoms with Crippen LogP contribution in [-0.4, -0.2) is 36.7 Å². The van der Waals surface area contributed by atoms with E-state index in [1.165, 1.54) is 0 Å². The largest absolute Gasteiger partial charge is 0.497 e. The van der Waals surface area contributed by atoms with E-state index in [4.69, 9.17) is 4.74 Å². The van der Waals surface area contributed by atoms with Gasteiger partial charge in [0.2, 0.25) is 0 Å². The number of methoxy groups -OCH3 is 1. The molecule has 1 aliphatic heterocycles. The van der Waals surface area contributed by atoms with Crippen LogP contribution in [-0.2, 0) is 11.3 Å². The molecule has 1 N–H and O–H groups in total. The molecule has 0 saturated carbocycles. The molecule has 0 aliphatic carbocycles. The van der Waals surface area contributed by atoms with Crippen molar-refractivity contribution < 1.29 is 22.7 Å². The maximum Gasteiger partial charge on any atom is 0.471 e. The molecule has 4 nitrogen and oxygen atoms in total. The summed E-state index contributed by atoms with van der Waals surface area (Å²) in [5, 5.41) is 3.29. The summed E-state index contributed by atoms with van der Waals surface area (Å²) >= 11 is 0. The third-order valence-electron chi connectivity index (χ3n) is 5.00. The molecule has 0 radical (unpaired) electrons. The summed E-state index contributed by atoms with van der Waals surface area (Å²) in [6.07, 6.45) is -3.72. The van der Waals surface area contributed by atoms with Gasteiger partial charge in [0.05, 0.1) is 19.2 Å². The molecule has 1 heterocycles. The molecule has 1 amide bonds. The maximum absolute atomic E-state index is 13.4. The minimum absolute atomic E-state index is 0.0851.